The lowest BCUT2D eigenvalue weighted by molar-refractivity contribution is -0.147. The number of piperazine rings is 1. The van der Waals surface area contributed by atoms with Crippen molar-refractivity contribution >= 4 is 17.7 Å². The Bertz CT molecular complexity index is 993. The summed E-state index contributed by atoms with van der Waals surface area (Å²) in [5.74, 6) is -1.03. The highest BCUT2D eigenvalue weighted by molar-refractivity contribution is 5.98. The van der Waals surface area contributed by atoms with Gasteiger partial charge in [0.1, 0.15) is 12.1 Å². The Hall–Kier alpha value is -3.36. The molecule has 0 radical (unpaired) electrons. The third-order valence-electron chi connectivity index (χ3n) is 5.59. The Labute approximate surface area is 176 Å². The Morgan fingerprint density at radius 3 is 2.39 bits per heavy atom. The third-order valence-corrected chi connectivity index (χ3v) is 5.59. The summed E-state index contributed by atoms with van der Waals surface area (Å²) in [5, 5.41) is 5.48. The molecule has 0 aromatic heterocycles. The van der Waals surface area contributed by atoms with Gasteiger partial charge in [0.05, 0.1) is 5.56 Å². The molecule has 2 aromatic carbocycles. The monoisotopic (exact) mass is 431 g/mol. The van der Waals surface area contributed by atoms with Gasteiger partial charge in [-0.15, -0.1) is 0 Å². The highest BCUT2D eigenvalue weighted by Gasteiger charge is 2.46. The summed E-state index contributed by atoms with van der Waals surface area (Å²) in [4.78, 5) is 39.3. The van der Waals surface area contributed by atoms with Crippen LogP contribution in [-0.4, -0.2) is 47.3 Å². The van der Waals surface area contributed by atoms with E-state index < -0.39 is 35.8 Å². The van der Waals surface area contributed by atoms with Crippen molar-refractivity contribution in [3.63, 3.8) is 0 Å². The van der Waals surface area contributed by atoms with Crippen molar-refractivity contribution in [2.75, 3.05) is 6.54 Å². The Morgan fingerprint density at radius 1 is 1.06 bits per heavy atom. The number of hydrogen-bond acceptors (Lipinski definition) is 3. The molecule has 0 aliphatic carbocycles. The van der Waals surface area contributed by atoms with Gasteiger partial charge in [-0.05, 0) is 36.2 Å². The predicted molar refractivity (Wildman–Crippen MR) is 105 cm³/mol. The van der Waals surface area contributed by atoms with E-state index in [1.807, 2.05) is 30.3 Å². The lowest BCUT2D eigenvalue weighted by Gasteiger charge is -2.34. The van der Waals surface area contributed by atoms with Gasteiger partial charge in [-0.2, -0.15) is 13.2 Å². The molecule has 2 aliphatic rings. The number of hydrogen-bond donors (Lipinski definition) is 2. The quantitative estimate of drug-likeness (QED) is 0.779. The standard InChI is InChI=1S/C22H20F3N3O3/c23-22(24,25)15-8-6-14(7-9-15)19(29)26-16-11-18-20(30)27-17(21(31)28(18)12-16)10-13-4-2-1-3-5-13/h1-9,16-18H,10-12H2,(H,26,29)(H,27,30)/t16-,17+,18-/m0/s1. The summed E-state index contributed by atoms with van der Waals surface area (Å²) in [6, 6.07) is 11.4. The van der Waals surface area contributed by atoms with Crippen LogP contribution in [0.3, 0.4) is 0 Å². The summed E-state index contributed by atoms with van der Waals surface area (Å²) in [6.07, 6.45) is -3.85. The Kier molecular flexibility index (Phi) is 5.43. The van der Waals surface area contributed by atoms with Gasteiger partial charge in [0.15, 0.2) is 0 Å². The summed E-state index contributed by atoms with van der Waals surface area (Å²) in [5.41, 5.74) is 0.162. The van der Waals surface area contributed by atoms with Crippen molar-refractivity contribution in [2.24, 2.45) is 0 Å². The van der Waals surface area contributed by atoms with Crippen LogP contribution >= 0.6 is 0 Å². The number of carbonyl (C=O) groups is 3. The van der Waals surface area contributed by atoms with E-state index in [2.05, 4.69) is 10.6 Å². The molecule has 2 heterocycles. The van der Waals surface area contributed by atoms with Gasteiger partial charge in [-0.25, -0.2) is 0 Å². The van der Waals surface area contributed by atoms with Crippen LogP contribution in [-0.2, 0) is 22.2 Å². The van der Waals surface area contributed by atoms with Crippen LogP contribution in [0.25, 0.3) is 0 Å². The van der Waals surface area contributed by atoms with Gasteiger partial charge in [0, 0.05) is 24.6 Å². The topological polar surface area (TPSA) is 78.5 Å². The average molecular weight is 431 g/mol. The second-order valence-electron chi connectivity index (χ2n) is 7.74. The van der Waals surface area contributed by atoms with Gasteiger partial charge in [0.2, 0.25) is 11.8 Å². The number of amides is 3. The normalized spacial score (nSPS) is 23.3. The molecule has 6 nitrogen and oxygen atoms in total. The van der Waals surface area contributed by atoms with E-state index in [0.717, 1.165) is 29.8 Å². The molecule has 0 unspecified atom stereocenters. The van der Waals surface area contributed by atoms with E-state index in [-0.39, 0.29) is 30.3 Å². The molecule has 2 aromatic rings. The Balaban J connectivity index is 1.40. The first-order valence-corrected chi connectivity index (χ1v) is 9.85. The molecule has 0 spiro atoms. The summed E-state index contributed by atoms with van der Waals surface area (Å²) in [6.45, 7) is 0.175. The molecule has 0 bridgehead atoms. The molecule has 2 N–H and O–H groups in total. The van der Waals surface area contributed by atoms with Crippen LogP contribution in [0.1, 0.15) is 27.9 Å². The third kappa shape index (κ3) is 4.40. The molecule has 2 aliphatic heterocycles. The zero-order valence-corrected chi connectivity index (χ0v) is 16.4. The highest BCUT2D eigenvalue weighted by atomic mass is 19.4. The number of nitrogens with zero attached hydrogens (tertiary/aromatic N) is 1. The van der Waals surface area contributed by atoms with Gasteiger partial charge >= 0.3 is 6.18 Å². The molecule has 31 heavy (non-hydrogen) atoms. The lowest BCUT2D eigenvalue weighted by Crippen LogP contribution is -2.61. The van der Waals surface area contributed by atoms with Crippen LogP contribution in [0.5, 0.6) is 0 Å². The van der Waals surface area contributed by atoms with Crippen LogP contribution in [0.4, 0.5) is 13.2 Å². The summed E-state index contributed by atoms with van der Waals surface area (Å²) < 4.78 is 38.1. The van der Waals surface area contributed by atoms with Gasteiger partial charge in [0.25, 0.3) is 5.91 Å². The molecule has 9 heteroatoms. The van der Waals surface area contributed by atoms with E-state index in [0.29, 0.717) is 6.42 Å². The smallest absolute Gasteiger partial charge is 0.347 e. The average Bonchev–Trinajstić information content (AvgIpc) is 3.17. The van der Waals surface area contributed by atoms with Crippen molar-refractivity contribution in [1.82, 2.24) is 15.5 Å². The zero-order valence-electron chi connectivity index (χ0n) is 16.4. The number of benzene rings is 2. The van der Waals surface area contributed by atoms with Crippen molar-refractivity contribution < 1.29 is 27.6 Å². The first kappa shape index (κ1) is 20.9. The highest BCUT2D eigenvalue weighted by Crippen LogP contribution is 2.29. The molecular formula is C22H20F3N3O3. The van der Waals surface area contributed by atoms with Crippen LogP contribution < -0.4 is 10.6 Å². The fourth-order valence-corrected chi connectivity index (χ4v) is 4.03. The molecule has 4 rings (SSSR count). The van der Waals surface area contributed by atoms with Crippen molar-refractivity contribution in [1.29, 1.82) is 0 Å². The molecule has 0 saturated carbocycles. The minimum atomic E-state index is -4.48. The number of halogens is 3. The van der Waals surface area contributed by atoms with Gasteiger partial charge in [-0.1, -0.05) is 30.3 Å². The number of nitrogens with one attached hydrogen (secondary N) is 2. The number of fused-ring (bicyclic) bond motifs is 1. The van der Waals surface area contributed by atoms with E-state index in [9.17, 15) is 27.6 Å². The maximum absolute atomic E-state index is 12.9. The number of carbonyl (C=O) groups excluding carboxylic acids is 3. The molecule has 2 fully saturated rings. The second-order valence-corrected chi connectivity index (χ2v) is 7.74. The lowest BCUT2D eigenvalue weighted by atomic mass is 10.0. The molecular weight excluding hydrogens is 411 g/mol. The van der Waals surface area contributed by atoms with E-state index in [1.165, 1.54) is 4.90 Å². The van der Waals surface area contributed by atoms with Crippen molar-refractivity contribution in [2.45, 2.75) is 37.1 Å². The van der Waals surface area contributed by atoms with Crippen molar-refractivity contribution in [3.8, 4) is 0 Å². The summed E-state index contributed by atoms with van der Waals surface area (Å²) >= 11 is 0. The fraction of sp³-hybridized carbons (Fsp3) is 0.318. The number of alkyl halides is 3. The van der Waals surface area contributed by atoms with Crippen LogP contribution in [0.2, 0.25) is 0 Å². The van der Waals surface area contributed by atoms with E-state index >= 15 is 0 Å². The molecule has 162 valence electrons. The van der Waals surface area contributed by atoms with Crippen molar-refractivity contribution in [3.05, 3.63) is 71.3 Å². The van der Waals surface area contributed by atoms with Crippen LogP contribution in [0, 0.1) is 0 Å². The molecule has 3 amide bonds. The minimum Gasteiger partial charge on any atom is -0.347 e. The SMILES string of the molecule is O=C(N[C@H]1C[C@H]2C(=O)N[C@H](Cc3ccccc3)C(=O)N2C1)c1ccc(C(F)(F)F)cc1. The molecule has 2 saturated heterocycles. The fourth-order valence-electron chi connectivity index (χ4n) is 4.03. The maximum atomic E-state index is 12.9. The second kappa shape index (κ2) is 8.05. The Morgan fingerprint density at radius 2 is 1.74 bits per heavy atom. The number of rotatable bonds is 4. The largest absolute Gasteiger partial charge is 0.416 e. The summed E-state index contributed by atoms with van der Waals surface area (Å²) in [7, 11) is 0. The van der Waals surface area contributed by atoms with Gasteiger partial charge in [-0.3, -0.25) is 14.4 Å². The molecule has 3 atom stereocenters. The first-order chi connectivity index (χ1) is 14.7. The predicted octanol–water partition coefficient (Wildman–Crippen LogP) is 2.15. The van der Waals surface area contributed by atoms with Crippen LogP contribution in [0.15, 0.2) is 54.6 Å². The van der Waals surface area contributed by atoms with E-state index in [1.54, 1.807) is 0 Å². The minimum absolute atomic E-state index is 0.0793. The zero-order chi connectivity index (χ0) is 22.2. The first-order valence-electron chi connectivity index (χ1n) is 9.85. The van der Waals surface area contributed by atoms with Gasteiger partial charge < -0.3 is 15.5 Å². The maximum Gasteiger partial charge on any atom is 0.416 e. The van der Waals surface area contributed by atoms with E-state index in [4.69, 9.17) is 0 Å².